The number of benzene rings is 2. The van der Waals surface area contributed by atoms with E-state index in [-0.39, 0.29) is 5.69 Å². The molecule has 0 fully saturated rings. The van der Waals surface area contributed by atoms with Crippen LogP contribution in [0.25, 0.3) is 27.8 Å². The Morgan fingerprint density at radius 2 is 1.75 bits per heavy atom. The van der Waals surface area contributed by atoms with E-state index in [9.17, 15) is 9.59 Å². The summed E-state index contributed by atoms with van der Waals surface area (Å²) < 4.78 is 6.82. The summed E-state index contributed by atoms with van der Waals surface area (Å²) in [5.74, 6) is -0.342. The quantitative estimate of drug-likeness (QED) is 0.329. The molecule has 9 nitrogen and oxygen atoms in total. The maximum Gasteiger partial charge on any atom is 0.358 e. The molecule has 36 heavy (non-hydrogen) atoms. The molecule has 0 aliphatic heterocycles. The highest BCUT2D eigenvalue weighted by Crippen LogP contribution is 2.25. The van der Waals surface area contributed by atoms with Gasteiger partial charge in [0.15, 0.2) is 23.1 Å². The number of carbonyl (C=O) groups is 2. The first-order valence-corrected chi connectivity index (χ1v) is 11.9. The van der Waals surface area contributed by atoms with Crippen LogP contribution in [0.4, 0.5) is 5.82 Å². The van der Waals surface area contributed by atoms with Crippen LogP contribution in [0.2, 0.25) is 0 Å². The molecular weight excluding hydrogens is 476 g/mol. The lowest BCUT2D eigenvalue weighted by Crippen LogP contribution is -2.22. The molecule has 0 aliphatic rings. The third kappa shape index (κ3) is 5.18. The molecule has 5 rings (SSSR count). The molecule has 0 atom stereocenters. The molecule has 5 aromatic rings. The predicted molar refractivity (Wildman–Crippen MR) is 136 cm³/mol. The molecular formula is C26H20N6O3S. The summed E-state index contributed by atoms with van der Waals surface area (Å²) >= 11 is 1.22. The zero-order valence-electron chi connectivity index (χ0n) is 19.2. The smallest absolute Gasteiger partial charge is 0.358 e. The monoisotopic (exact) mass is 496 g/mol. The Kier molecular flexibility index (Phi) is 6.59. The van der Waals surface area contributed by atoms with E-state index in [1.807, 2.05) is 61.5 Å². The van der Waals surface area contributed by atoms with Crippen molar-refractivity contribution in [1.82, 2.24) is 24.7 Å². The molecule has 10 heteroatoms. The first-order chi connectivity index (χ1) is 17.6. The van der Waals surface area contributed by atoms with Gasteiger partial charge < -0.3 is 10.1 Å². The van der Waals surface area contributed by atoms with Crippen molar-refractivity contribution in [1.29, 1.82) is 0 Å². The molecule has 0 aliphatic carbocycles. The van der Waals surface area contributed by atoms with Gasteiger partial charge in [-0.15, -0.1) is 11.3 Å². The van der Waals surface area contributed by atoms with Crippen molar-refractivity contribution in [2.45, 2.75) is 6.92 Å². The van der Waals surface area contributed by atoms with Crippen LogP contribution in [-0.4, -0.2) is 43.2 Å². The minimum atomic E-state index is -0.708. The number of hydrogen-bond donors (Lipinski definition) is 1. The van der Waals surface area contributed by atoms with Crippen molar-refractivity contribution in [3.63, 3.8) is 0 Å². The predicted octanol–water partition coefficient (Wildman–Crippen LogP) is 4.56. The van der Waals surface area contributed by atoms with Gasteiger partial charge in [0, 0.05) is 29.4 Å². The highest BCUT2D eigenvalue weighted by atomic mass is 32.1. The van der Waals surface area contributed by atoms with Gasteiger partial charge in [-0.25, -0.2) is 24.4 Å². The molecule has 0 saturated heterocycles. The Morgan fingerprint density at radius 1 is 1.00 bits per heavy atom. The number of para-hydroxylation sites is 1. The van der Waals surface area contributed by atoms with Crippen LogP contribution in [0.3, 0.4) is 0 Å². The molecule has 0 spiro atoms. The molecule has 0 saturated carbocycles. The SMILES string of the molecule is Cc1ccc(-c2cc(NC(=O)COC(=O)c3csc(-c4ncccn4)n3)n(-c3ccccc3)n2)cc1. The van der Waals surface area contributed by atoms with Gasteiger partial charge in [0.1, 0.15) is 5.82 Å². The fourth-order valence-electron chi connectivity index (χ4n) is 3.37. The van der Waals surface area contributed by atoms with Crippen LogP contribution in [0, 0.1) is 6.92 Å². The fourth-order valence-corrected chi connectivity index (χ4v) is 4.10. The van der Waals surface area contributed by atoms with E-state index in [0.29, 0.717) is 22.3 Å². The van der Waals surface area contributed by atoms with Gasteiger partial charge >= 0.3 is 5.97 Å². The normalized spacial score (nSPS) is 10.7. The lowest BCUT2D eigenvalue weighted by atomic mass is 10.1. The third-order valence-corrected chi connectivity index (χ3v) is 5.97. The third-order valence-electron chi connectivity index (χ3n) is 5.13. The topological polar surface area (TPSA) is 112 Å². The van der Waals surface area contributed by atoms with Crippen molar-refractivity contribution in [3.8, 4) is 27.8 Å². The molecule has 0 bridgehead atoms. The number of esters is 1. The second kappa shape index (κ2) is 10.3. The standard InChI is InChI=1S/C26H20N6O3S/c1-17-8-10-18(11-9-17)20-14-22(32(31-20)19-6-3-2-4-7-19)30-23(33)15-35-26(34)21-16-36-25(29-21)24-27-12-5-13-28-24/h2-14,16H,15H2,1H3,(H,30,33). The van der Waals surface area contributed by atoms with E-state index < -0.39 is 18.5 Å². The maximum atomic E-state index is 12.7. The zero-order valence-corrected chi connectivity index (χ0v) is 20.0. The van der Waals surface area contributed by atoms with Gasteiger partial charge in [-0.2, -0.15) is 5.10 Å². The summed E-state index contributed by atoms with van der Waals surface area (Å²) in [6.45, 7) is 1.54. The van der Waals surface area contributed by atoms with E-state index in [2.05, 4.69) is 25.4 Å². The number of aryl methyl sites for hydroxylation is 1. The number of nitrogens with zero attached hydrogens (tertiary/aromatic N) is 5. The van der Waals surface area contributed by atoms with Gasteiger partial charge in [0.25, 0.3) is 5.91 Å². The van der Waals surface area contributed by atoms with Crippen LogP contribution >= 0.6 is 11.3 Å². The number of nitrogens with one attached hydrogen (secondary N) is 1. The summed E-state index contributed by atoms with van der Waals surface area (Å²) in [6, 6.07) is 20.9. The molecule has 178 valence electrons. The number of anilines is 1. The van der Waals surface area contributed by atoms with Crippen molar-refractivity contribution in [2.24, 2.45) is 0 Å². The van der Waals surface area contributed by atoms with Crippen molar-refractivity contribution in [3.05, 3.63) is 95.8 Å². The Labute approximate surface area is 210 Å². The van der Waals surface area contributed by atoms with E-state index in [1.165, 1.54) is 11.3 Å². The van der Waals surface area contributed by atoms with Crippen LogP contribution < -0.4 is 5.32 Å². The number of hydrogen-bond acceptors (Lipinski definition) is 8. The number of carbonyl (C=O) groups excluding carboxylic acids is 2. The highest BCUT2D eigenvalue weighted by Gasteiger charge is 2.18. The minimum absolute atomic E-state index is 0.0891. The number of aromatic nitrogens is 5. The van der Waals surface area contributed by atoms with Crippen molar-refractivity contribution < 1.29 is 14.3 Å². The van der Waals surface area contributed by atoms with Gasteiger partial charge in [-0.3, -0.25) is 4.79 Å². The molecule has 2 aromatic carbocycles. The highest BCUT2D eigenvalue weighted by molar-refractivity contribution is 7.13. The van der Waals surface area contributed by atoms with Crippen LogP contribution in [0.15, 0.2) is 84.5 Å². The summed E-state index contributed by atoms with van der Waals surface area (Å²) in [6.07, 6.45) is 3.19. The Hall–Kier alpha value is -4.70. The first kappa shape index (κ1) is 23.1. The summed E-state index contributed by atoms with van der Waals surface area (Å²) in [5, 5.41) is 9.51. The Bertz CT molecular complexity index is 1500. The molecule has 1 N–H and O–H groups in total. The Morgan fingerprint density at radius 3 is 2.50 bits per heavy atom. The number of ether oxygens (including phenoxy) is 1. The van der Waals surface area contributed by atoms with Gasteiger partial charge in [0.2, 0.25) is 0 Å². The maximum absolute atomic E-state index is 12.7. The van der Waals surface area contributed by atoms with E-state index in [4.69, 9.17) is 4.74 Å². The first-order valence-electron chi connectivity index (χ1n) is 11.0. The number of rotatable bonds is 7. The fraction of sp³-hybridized carbons (Fsp3) is 0.0769. The summed E-state index contributed by atoms with van der Waals surface area (Å²) in [7, 11) is 0. The average Bonchev–Trinajstić information content (AvgIpc) is 3.57. The molecule has 3 aromatic heterocycles. The van der Waals surface area contributed by atoms with Crippen LogP contribution in [0.5, 0.6) is 0 Å². The molecule has 0 radical (unpaired) electrons. The largest absolute Gasteiger partial charge is 0.451 e. The van der Waals surface area contributed by atoms with Crippen molar-refractivity contribution >= 4 is 29.0 Å². The minimum Gasteiger partial charge on any atom is -0.451 e. The lowest BCUT2D eigenvalue weighted by molar-refractivity contribution is -0.119. The summed E-state index contributed by atoms with van der Waals surface area (Å²) in [5.41, 5.74) is 3.62. The number of thiazole rings is 1. The molecule has 1 amide bonds. The second-order valence-corrected chi connectivity index (χ2v) is 8.62. The molecule has 3 heterocycles. The summed E-state index contributed by atoms with van der Waals surface area (Å²) in [4.78, 5) is 37.6. The second-order valence-electron chi connectivity index (χ2n) is 7.76. The van der Waals surface area contributed by atoms with Crippen LogP contribution in [-0.2, 0) is 9.53 Å². The Balaban J connectivity index is 1.29. The van der Waals surface area contributed by atoms with Gasteiger partial charge in [-0.05, 0) is 25.1 Å². The van der Waals surface area contributed by atoms with Gasteiger partial charge in [0.05, 0.1) is 11.4 Å². The average molecular weight is 497 g/mol. The molecule has 0 unspecified atom stereocenters. The zero-order chi connectivity index (χ0) is 24.9. The number of amides is 1. The van der Waals surface area contributed by atoms with E-state index >= 15 is 0 Å². The lowest BCUT2D eigenvalue weighted by Gasteiger charge is -2.09. The van der Waals surface area contributed by atoms with Crippen LogP contribution in [0.1, 0.15) is 16.1 Å². The van der Waals surface area contributed by atoms with E-state index in [1.54, 1.807) is 34.6 Å². The van der Waals surface area contributed by atoms with E-state index in [0.717, 1.165) is 16.8 Å². The van der Waals surface area contributed by atoms with Crippen molar-refractivity contribution in [2.75, 3.05) is 11.9 Å². The van der Waals surface area contributed by atoms with Gasteiger partial charge in [-0.1, -0.05) is 48.0 Å².